The highest BCUT2D eigenvalue weighted by molar-refractivity contribution is 7.17. The summed E-state index contributed by atoms with van der Waals surface area (Å²) in [7, 11) is 0. The lowest BCUT2D eigenvalue weighted by Crippen LogP contribution is -2.27. The molecule has 0 fully saturated rings. The van der Waals surface area contributed by atoms with Gasteiger partial charge in [-0.2, -0.15) is 4.52 Å². The van der Waals surface area contributed by atoms with Crippen LogP contribution in [0.3, 0.4) is 0 Å². The summed E-state index contributed by atoms with van der Waals surface area (Å²) in [5.74, 6) is 1.23. The number of hydrogen-bond acceptors (Lipinski definition) is 4. The van der Waals surface area contributed by atoms with Crippen LogP contribution in [0.1, 0.15) is 37.7 Å². The molecule has 4 rings (SSSR count). The van der Waals surface area contributed by atoms with Crippen molar-refractivity contribution in [3.8, 4) is 0 Å². The molecule has 0 N–H and O–H groups in total. The first-order chi connectivity index (χ1) is 12.6. The summed E-state index contributed by atoms with van der Waals surface area (Å²) in [6.45, 7) is 7.04. The van der Waals surface area contributed by atoms with Crippen LogP contribution in [0.4, 0.5) is 0 Å². The van der Waals surface area contributed by atoms with E-state index in [1.54, 1.807) is 15.9 Å². The normalized spacial score (nSPS) is 11.8. The van der Waals surface area contributed by atoms with E-state index in [4.69, 9.17) is 4.98 Å². The molecule has 1 aromatic carbocycles. The fraction of sp³-hybridized carbons (Fsp3) is 0.350. The minimum atomic E-state index is -0.111. The molecule has 0 aliphatic rings. The third-order valence-electron chi connectivity index (χ3n) is 4.53. The molecule has 0 radical (unpaired) electrons. The van der Waals surface area contributed by atoms with Crippen molar-refractivity contribution in [1.82, 2.24) is 19.2 Å². The van der Waals surface area contributed by atoms with Crippen molar-refractivity contribution in [1.29, 1.82) is 0 Å². The SMILES string of the molecule is CCn1c(=O)n2nc(Cc3ccccc3)nc2c2c(CC(C)C)csc21. The van der Waals surface area contributed by atoms with Crippen LogP contribution in [-0.4, -0.2) is 19.2 Å². The van der Waals surface area contributed by atoms with E-state index >= 15 is 0 Å². The summed E-state index contributed by atoms with van der Waals surface area (Å²) in [5.41, 5.74) is 2.98. The summed E-state index contributed by atoms with van der Waals surface area (Å²) in [4.78, 5) is 18.7. The lowest BCUT2D eigenvalue weighted by Gasteiger charge is -2.07. The maximum absolute atomic E-state index is 12.9. The number of rotatable bonds is 5. The van der Waals surface area contributed by atoms with Crippen molar-refractivity contribution < 1.29 is 0 Å². The first-order valence-corrected chi connectivity index (χ1v) is 9.89. The van der Waals surface area contributed by atoms with Gasteiger partial charge in [-0.15, -0.1) is 16.4 Å². The third kappa shape index (κ3) is 2.84. The van der Waals surface area contributed by atoms with Crippen molar-refractivity contribution in [2.75, 3.05) is 0 Å². The van der Waals surface area contributed by atoms with E-state index in [1.807, 2.05) is 25.1 Å². The van der Waals surface area contributed by atoms with Gasteiger partial charge in [-0.05, 0) is 35.8 Å². The number of benzene rings is 1. The number of aryl methyl sites for hydroxylation is 1. The van der Waals surface area contributed by atoms with Crippen LogP contribution in [0.2, 0.25) is 0 Å². The highest BCUT2D eigenvalue weighted by Crippen LogP contribution is 2.30. The molecule has 0 spiro atoms. The van der Waals surface area contributed by atoms with Gasteiger partial charge in [0.25, 0.3) is 0 Å². The Labute approximate surface area is 155 Å². The predicted molar refractivity (Wildman–Crippen MR) is 106 cm³/mol. The number of thiophene rings is 1. The van der Waals surface area contributed by atoms with Crippen molar-refractivity contribution in [2.45, 2.75) is 40.2 Å². The number of nitrogens with zero attached hydrogens (tertiary/aromatic N) is 4. The molecule has 0 amide bonds. The van der Waals surface area contributed by atoms with E-state index in [2.05, 4.69) is 36.5 Å². The topological polar surface area (TPSA) is 52.2 Å². The molecule has 0 aliphatic carbocycles. The van der Waals surface area contributed by atoms with Crippen LogP contribution in [0.5, 0.6) is 0 Å². The maximum Gasteiger partial charge on any atom is 0.351 e. The van der Waals surface area contributed by atoms with Crippen LogP contribution in [0.15, 0.2) is 40.5 Å². The van der Waals surface area contributed by atoms with E-state index in [0.717, 1.165) is 22.2 Å². The minimum absolute atomic E-state index is 0.111. The Morgan fingerprint density at radius 3 is 2.65 bits per heavy atom. The molecular weight excluding hydrogens is 344 g/mol. The molecule has 3 aromatic heterocycles. The smallest absolute Gasteiger partial charge is 0.283 e. The zero-order chi connectivity index (χ0) is 18.3. The average molecular weight is 366 g/mol. The Balaban J connectivity index is 1.95. The maximum atomic E-state index is 12.9. The van der Waals surface area contributed by atoms with Crippen molar-refractivity contribution in [3.63, 3.8) is 0 Å². The molecule has 0 bridgehead atoms. The van der Waals surface area contributed by atoms with Gasteiger partial charge < -0.3 is 0 Å². The molecule has 134 valence electrons. The summed E-state index contributed by atoms with van der Waals surface area (Å²) in [6.07, 6.45) is 1.59. The molecule has 3 heterocycles. The van der Waals surface area contributed by atoms with E-state index in [0.29, 0.717) is 30.4 Å². The number of hydrogen-bond donors (Lipinski definition) is 0. The lowest BCUT2D eigenvalue weighted by atomic mass is 10.0. The second-order valence-corrected chi connectivity index (χ2v) is 7.85. The van der Waals surface area contributed by atoms with Crippen molar-refractivity contribution >= 4 is 27.2 Å². The lowest BCUT2D eigenvalue weighted by molar-refractivity contribution is 0.650. The molecule has 4 aromatic rings. The Bertz CT molecular complexity index is 1120. The van der Waals surface area contributed by atoms with Gasteiger partial charge in [0.05, 0.1) is 5.39 Å². The van der Waals surface area contributed by atoms with Crippen molar-refractivity contribution in [2.24, 2.45) is 5.92 Å². The molecule has 0 unspecified atom stereocenters. The zero-order valence-corrected chi connectivity index (χ0v) is 16.1. The first-order valence-electron chi connectivity index (χ1n) is 9.01. The van der Waals surface area contributed by atoms with Gasteiger partial charge in [-0.1, -0.05) is 44.2 Å². The second-order valence-electron chi connectivity index (χ2n) is 6.99. The fourth-order valence-corrected chi connectivity index (χ4v) is 4.54. The van der Waals surface area contributed by atoms with E-state index in [9.17, 15) is 4.79 Å². The summed E-state index contributed by atoms with van der Waals surface area (Å²) in [5, 5.41) is 7.79. The van der Waals surface area contributed by atoms with E-state index in [-0.39, 0.29) is 5.69 Å². The Morgan fingerprint density at radius 1 is 1.19 bits per heavy atom. The van der Waals surface area contributed by atoms with Crippen LogP contribution in [0, 0.1) is 5.92 Å². The monoisotopic (exact) mass is 366 g/mol. The minimum Gasteiger partial charge on any atom is -0.283 e. The van der Waals surface area contributed by atoms with Crippen LogP contribution in [-0.2, 0) is 19.4 Å². The highest BCUT2D eigenvalue weighted by atomic mass is 32.1. The molecular formula is C20H22N4OS. The quantitative estimate of drug-likeness (QED) is 0.538. The Morgan fingerprint density at radius 2 is 1.96 bits per heavy atom. The molecule has 5 nitrogen and oxygen atoms in total. The van der Waals surface area contributed by atoms with Crippen LogP contribution in [0.25, 0.3) is 15.9 Å². The Hall–Kier alpha value is -2.47. The van der Waals surface area contributed by atoms with Gasteiger partial charge in [0.15, 0.2) is 11.5 Å². The first kappa shape index (κ1) is 17.0. The third-order valence-corrected chi connectivity index (χ3v) is 5.58. The van der Waals surface area contributed by atoms with Crippen molar-refractivity contribution in [3.05, 3.63) is 63.1 Å². The van der Waals surface area contributed by atoms with Gasteiger partial charge in [-0.3, -0.25) is 4.57 Å². The molecule has 26 heavy (non-hydrogen) atoms. The standard InChI is InChI=1S/C20H22N4OS/c1-4-23-19-17(15(12-26-19)10-13(2)3)18-21-16(22-24(18)20(23)25)11-14-8-6-5-7-9-14/h5-9,12-13H,4,10-11H2,1-3H3. The Kier molecular flexibility index (Phi) is 4.36. The number of fused-ring (bicyclic) bond motifs is 3. The highest BCUT2D eigenvalue weighted by Gasteiger charge is 2.19. The van der Waals surface area contributed by atoms with Crippen LogP contribution < -0.4 is 5.69 Å². The fourth-order valence-electron chi connectivity index (χ4n) is 3.39. The van der Waals surface area contributed by atoms with Gasteiger partial charge >= 0.3 is 5.69 Å². The van der Waals surface area contributed by atoms with E-state index < -0.39 is 0 Å². The number of aromatic nitrogens is 4. The van der Waals surface area contributed by atoms with Crippen LogP contribution >= 0.6 is 11.3 Å². The van der Waals surface area contributed by atoms with Gasteiger partial charge in [0, 0.05) is 13.0 Å². The van der Waals surface area contributed by atoms with Gasteiger partial charge in [-0.25, -0.2) is 9.78 Å². The van der Waals surface area contributed by atoms with Gasteiger partial charge in [0.1, 0.15) is 4.83 Å². The molecule has 0 atom stereocenters. The predicted octanol–water partition coefficient (Wildman–Crippen LogP) is 3.91. The summed E-state index contributed by atoms with van der Waals surface area (Å²) < 4.78 is 3.29. The largest absolute Gasteiger partial charge is 0.351 e. The molecule has 0 saturated heterocycles. The molecule has 0 aliphatic heterocycles. The average Bonchev–Trinajstić information content (AvgIpc) is 3.20. The van der Waals surface area contributed by atoms with Gasteiger partial charge in [0.2, 0.25) is 0 Å². The second kappa shape index (κ2) is 6.68. The zero-order valence-electron chi connectivity index (χ0n) is 15.3. The summed E-state index contributed by atoms with van der Waals surface area (Å²) in [6, 6.07) is 10.1. The molecule has 0 saturated carbocycles. The van der Waals surface area contributed by atoms with E-state index in [1.165, 1.54) is 10.1 Å². The molecule has 6 heteroatoms. The summed E-state index contributed by atoms with van der Waals surface area (Å²) >= 11 is 1.63.